The summed E-state index contributed by atoms with van der Waals surface area (Å²) in [5.41, 5.74) is 0.710. The quantitative estimate of drug-likeness (QED) is 0.770. The van der Waals surface area contributed by atoms with Crippen LogP contribution < -0.4 is 4.90 Å². The number of benzene rings is 1. The summed E-state index contributed by atoms with van der Waals surface area (Å²) < 4.78 is 0. The van der Waals surface area contributed by atoms with Crippen molar-refractivity contribution in [3.8, 4) is 0 Å². The lowest BCUT2D eigenvalue weighted by molar-refractivity contribution is -0.135. The van der Waals surface area contributed by atoms with Crippen LogP contribution in [0.4, 0.5) is 5.69 Å². The Balaban J connectivity index is 2.89. The van der Waals surface area contributed by atoms with Crippen molar-refractivity contribution in [3.05, 3.63) is 29.8 Å². The highest BCUT2D eigenvalue weighted by Crippen LogP contribution is 2.14. The van der Waals surface area contributed by atoms with E-state index >= 15 is 0 Å². The fourth-order valence-electron chi connectivity index (χ4n) is 1.17. The molecule has 0 heterocycles. The van der Waals surface area contributed by atoms with Gasteiger partial charge in [0.2, 0.25) is 0 Å². The molecular weight excluding hydrogens is 198 g/mol. The second kappa shape index (κ2) is 4.45. The molecule has 0 saturated carbocycles. The molecule has 0 spiro atoms. The van der Waals surface area contributed by atoms with E-state index in [4.69, 9.17) is 10.2 Å². The zero-order valence-corrected chi connectivity index (χ0v) is 8.17. The number of hydrogen-bond acceptors (Lipinski definition) is 3. The summed E-state index contributed by atoms with van der Waals surface area (Å²) in [7, 11) is 1.59. The first-order valence-corrected chi connectivity index (χ1v) is 4.27. The highest BCUT2D eigenvalue weighted by molar-refractivity contribution is 5.89. The SMILES string of the molecule is CN(CC(=O)O)c1cccc(C(=O)O)c1. The van der Waals surface area contributed by atoms with Crippen LogP contribution in [0, 0.1) is 0 Å². The monoisotopic (exact) mass is 209 g/mol. The third-order valence-electron chi connectivity index (χ3n) is 1.91. The van der Waals surface area contributed by atoms with E-state index in [0.29, 0.717) is 5.69 Å². The van der Waals surface area contributed by atoms with Gasteiger partial charge in [0, 0.05) is 12.7 Å². The molecule has 0 atom stereocenters. The fourth-order valence-corrected chi connectivity index (χ4v) is 1.17. The molecule has 1 aromatic rings. The second-order valence-electron chi connectivity index (χ2n) is 3.11. The lowest BCUT2D eigenvalue weighted by Crippen LogP contribution is -2.25. The van der Waals surface area contributed by atoms with Crippen molar-refractivity contribution < 1.29 is 19.8 Å². The number of aliphatic carboxylic acids is 1. The molecular formula is C10H11NO4. The van der Waals surface area contributed by atoms with Crippen LogP contribution in [0.1, 0.15) is 10.4 Å². The van der Waals surface area contributed by atoms with Gasteiger partial charge in [-0.25, -0.2) is 4.79 Å². The maximum absolute atomic E-state index is 10.7. The molecule has 0 radical (unpaired) electrons. The summed E-state index contributed by atoms with van der Waals surface area (Å²) in [5, 5.41) is 17.3. The van der Waals surface area contributed by atoms with Crippen molar-refractivity contribution in [2.24, 2.45) is 0 Å². The van der Waals surface area contributed by atoms with Gasteiger partial charge in [-0.3, -0.25) is 4.79 Å². The van der Waals surface area contributed by atoms with E-state index in [1.54, 1.807) is 19.2 Å². The topological polar surface area (TPSA) is 77.8 Å². The van der Waals surface area contributed by atoms with Gasteiger partial charge in [0.1, 0.15) is 6.54 Å². The Labute approximate surface area is 86.6 Å². The first-order chi connectivity index (χ1) is 7.00. The van der Waals surface area contributed by atoms with Crippen molar-refractivity contribution in [3.63, 3.8) is 0 Å². The largest absolute Gasteiger partial charge is 0.480 e. The third kappa shape index (κ3) is 2.98. The summed E-state index contributed by atoms with van der Waals surface area (Å²) in [6.07, 6.45) is 0. The molecule has 0 aliphatic heterocycles. The van der Waals surface area contributed by atoms with Gasteiger partial charge in [0.25, 0.3) is 0 Å². The standard InChI is InChI=1S/C10H11NO4/c1-11(6-9(12)13)8-4-2-3-7(5-8)10(14)15/h2-5H,6H2,1H3,(H,12,13)(H,14,15). The number of rotatable bonds is 4. The van der Waals surface area contributed by atoms with Crippen molar-refractivity contribution >= 4 is 17.6 Å². The Hall–Kier alpha value is -2.04. The molecule has 0 bridgehead atoms. The predicted molar refractivity (Wildman–Crippen MR) is 54.3 cm³/mol. The number of aromatic carboxylic acids is 1. The molecule has 0 aliphatic carbocycles. The zero-order valence-electron chi connectivity index (χ0n) is 8.17. The van der Waals surface area contributed by atoms with Crippen LogP contribution in [0.25, 0.3) is 0 Å². The van der Waals surface area contributed by atoms with Crippen LogP contribution in [-0.4, -0.2) is 35.7 Å². The van der Waals surface area contributed by atoms with E-state index in [0.717, 1.165) is 0 Å². The molecule has 0 saturated heterocycles. The molecule has 5 nitrogen and oxygen atoms in total. The van der Waals surface area contributed by atoms with E-state index in [9.17, 15) is 9.59 Å². The lowest BCUT2D eigenvalue weighted by atomic mass is 10.2. The predicted octanol–water partition coefficient (Wildman–Crippen LogP) is 0.906. The van der Waals surface area contributed by atoms with Crippen molar-refractivity contribution in [2.75, 3.05) is 18.5 Å². The Morgan fingerprint density at radius 3 is 2.53 bits per heavy atom. The number of likely N-dealkylation sites (N-methyl/N-ethyl adjacent to an activating group) is 1. The Kier molecular flexibility index (Phi) is 3.28. The zero-order chi connectivity index (χ0) is 11.4. The summed E-state index contributed by atoms with van der Waals surface area (Å²) in [4.78, 5) is 22.6. The summed E-state index contributed by atoms with van der Waals surface area (Å²) >= 11 is 0. The average molecular weight is 209 g/mol. The van der Waals surface area contributed by atoms with Crippen molar-refractivity contribution in [1.29, 1.82) is 0 Å². The molecule has 0 aliphatic rings. The van der Waals surface area contributed by atoms with E-state index < -0.39 is 11.9 Å². The maximum Gasteiger partial charge on any atom is 0.335 e. The van der Waals surface area contributed by atoms with Gasteiger partial charge in [0.05, 0.1) is 5.56 Å². The summed E-state index contributed by atoms with van der Waals surface area (Å²) in [6.45, 7) is -0.164. The Morgan fingerprint density at radius 2 is 2.00 bits per heavy atom. The van der Waals surface area contributed by atoms with Gasteiger partial charge in [0.15, 0.2) is 0 Å². The second-order valence-corrected chi connectivity index (χ2v) is 3.11. The van der Waals surface area contributed by atoms with Gasteiger partial charge >= 0.3 is 11.9 Å². The van der Waals surface area contributed by atoms with E-state index in [1.807, 2.05) is 0 Å². The van der Waals surface area contributed by atoms with E-state index in [1.165, 1.54) is 17.0 Å². The number of hydrogen-bond donors (Lipinski definition) is 2. The van der Waals surface area contributed by atoms with Crippen LogP contribution in [0.5, 0.6) is 0 Å². The molecule has 1 rings (SSSR count). The third-order valence-corrected chi connectivity index (χ3v) is 1.91. The maximum atomic E-state index is 10.7. The summed E-state index contributed by atoms with van der Waals surface area (Å²) in [6, 6.07) is 6.14. The summed E-state index contributed by atoms with van der Waals surface area (Å²) in [5.74, 6) is -1.99. The first kappa shape index (κ1) is 11.0. The minimum atomic E-state index is -1.03. The number of carboxylic acid groups (broad SMARTS) is 2. The Bertz CT molecular complexity index is 389. The molecule has 0 unspecified atom stereocenters. The lowest BCUT2D eigenvalue weighted by Gasteiger charge is -2.16. The number of carboxylic acids is 2. The molecule has 0 aromatic heterocycles. The molecule has 0 amide bonds. The van der Waals surface area contributed by atoms with Crippen LogP contribution >= 0.6 is 0 Å². The highest BCUT2D eigenvalue weighted by atomic mass is 16.4. The van der Waals surface area contributed by atoms with E-state index in [2.05, 4.69) is 0 Å². The van der Waals surface area contributed by atoms with Crippen molar-refractivity contribution in [1.82, 2.24) is 0 Å². The van der Waals surface area contributed by atoms with Crippen LogP contribution in [-0.2, 0) is 4.79 Å². The number of anilines is 1. The van der Waals surface area contributed by atoms with Gasteiger partial charge in [-0.1, -0.05) is 6.07 Å². The molecule has 80 valence electrons. The molecule has 5 heteroatoms. The minimum Gasteiger partial charge on any atom is -0.480 e. The number of carbonyl (C=O) groups is 2. The normalized spacial score (nSPS) is 9.67. The van der Waals surface area contributed by atoms with Gasteiger partial charge < -0.3 is 15.1 Å². The fraction of sp³-hybridized carbons (Fsp3) is 0.200. The molecule has 1 aromatic carbocycles. The van der Waals surface area contributed by atoms with Gasteiger partial charge in [-0.05, 0) is 18.2 Å². The molecule has 0 fully saturated rings. The van der Waals surface area contributed by atoms with Crippen molar-refractivity contribution in [2.45, 2.75) is 0 Å². The smallest absolute Gasteiger partial charge is 0.335 e. The van der Waals surface area contributed by atoms with Crippen LogP contribution in [0.15, 0.2) is 24.3 Å². The minimum absolute atomic E-state index is 0.143. The first-order valence-electron chi connectivity index (χ1n) is 4.27. The van der Waals surface area contributed by atoms with Crippen LogP contribution in [0.2, 0.25) is 0 Å². The Morgan fingerprint density at radius 1 is 1.33 bits per heavy atom. The van der Waals surface area contributed by atoms with E-state index in [-0.39, 0.29) is 12.1 Å². The molecule has 2 N–H and O–H groups in total. The highest BCUT2D eigenvalue weighted by Gasteiger charge is 2.08. The van der Waals surface area contributed by atoms with Gasteiger partial charge in [-0.15, -0.1) is 0 Å². The van der Waals surface area contributed by atoms with Crippen LogP contribution in [0.3, 0.4) is 0 Å². The number of nitrogens with zero attached hydrogens (tertiary/aromatic N) is 1. The van der Waals surface area contributed by atoms with Gasteiger partial charge in [-0.2, -0.15) is 0 Å². The molecule has 15 heavy (non-hydrogen) atoms. The average Bonchev–Trinajstić information content (AvgIpc) is 2.17.